The van der Waals surface area contributed by atoms with Gasteiger partial charge in [-0.15, -0.1) is 0 Å². The molecule has 0 aliphatic heterocycles. The molecular weight excluding hydrogens is 302 g/mol. The molecule has 0 saturated carbocycles. The summed E-state index contributed by atoms with van der Waals surface area (Å²) >= 11 is 0. The zero-order valence-corrected chi connectivity index (χ0v) is 12.5. The number of fused-ring (bicyclic) bond motifs is 1. The van der Waals surface area contributed by atoms with E-state index in [9.17, 15) is 19.2 Å². The molecule has 9 heteroatoms. The van der Waals surface area contributed by atoms with Gasteiger partial charge >= 0.3 is 0 Å². The number of H-pyrrole nitrogens is 1. The average molecular weight is 317 g/mol. The SMILES string of the molecule is CC(=O)NC(C)C(=O)NNC(=O)c1n[nH]c(=O)c2ccccc12. The monoisotopic (exact) mass is 317 g/mol. The average Bonchev–Trinajstić information content (AvgIpc) is 2.52. The summed E-state index contributed by atoms with van der Waals surface area (Å²) in [5.74, 6) is -1.66. The number of amides is 3. The minimum atomic E-state index is -0.812. The van der Waals surface area contributed by atoms with Crippen LogP contribution >= 0.6 is 0 Å². The highest BCUT2D eigenvalue weighted by Crippen LogP contribution is 2.11. The van der Waals surface area contributed by atoms with Gasteiger partial charge in [-0.05, 0) is 13.0 Å². The third-order valence-corrected chi connectivity index (χ3v) is 3.02. The number of carbonyl (C=O) groups is 3. The van der Waals surface area contributed by atoms with E-state index >= 15 is 0 Å². The fraction of sp³-hybridized carbons (Fsp3) is 0.214. The zero-order valence-electron chi connectivity index (χ0n) is 12.5. The molecule has 0 aliphatic rings. The van der Waals surface area contributed by atoms with Gasteiger partial charge in [-0.1, -0.05) is 18.2 Å². The second-order valence-corrected chi connectivity index (χ2v) is 4.81. The quantitative estimate of drug-likeness (QED) is 0.551. The number of rotatable bonds is 3. The van der Waals surface area contributed by atoms with Crippen molar-refractivity contribution in [3.05, 3.63) is 40.3 Å². The molecule has 4 N–H and O–H groups in total. The maximum atomic E-state index is 12.1. The van der Waals surface area contributed by atoms with Gasteiger partial charge in [-0.2, -0.15) is 5.10 Å². The first kappa shape index (κ1) is 16.1. The number of hydrogen-bond acceptors (Lipinski definition) is 5. The van der Waals surface area contributed by atoms with Crippen LogP contribution in [-0.4, -0.2) is 34.0 Å². The van der Waals surface area contributed by atoms with Gasteiger partial charge in [0.15, 0.2) is 5.69 Å². The number of carbonyl (C=O) groups excluding carboxylic acids is 3. The van der Waals surface area contributed by atoms with E-state index in [0.717, 1.165) is 0 Å². The Morgan fingerprint density at radius 1 is 1.13 bits per heavy atom. The van der Waals surface area contributed by atoms with Crippen molar-refractivity contribution in [3.8, 4) is 0 Å². The van der Waals surface area contributed by atoms with Crippen LogP contribution in [0, 0.1) is 0 Å². The summed E-state index contributed by atoms with van der Waals surface area (Å²) in [5.41, 5.74) is 3.92. The van der Waals surface area contributed by atoms with E-state index in [4.69, 9.17) is 0 Å². The molecule has 120 valence electrons. The molecule has 2 aromatic rings. The van der Waals surface area contributed by atoms with Crippen LogP contribution in [0.2, 0.25) is 0 Å². The molecule has 1 unspecified atom stereocenters. The smallest absolute Gasteiger partial charge is 0.290 e. The molecule has 0 aliphatic carbocycles. The summed E-state index contributed by atoms with van der Waals surface area (Å²) in [4.78, 5) is 46.4. The molecule has 23 heavy (non-hydrogen) atoms. The number of nitrogens with zero attached hydrogens (tertiary/aromatic N) is 1. The zero-order chi connectivity index (χ0) is 17.0. The minimum absolute atomic E-state index is 0.0346. The highest BCUT2D eigenvalue weighted by molar-refractivity contribution is 6.05. The number of benzene rings is 1. The van der Waals surface area contributed by atoms with Crippen LogP contribution in [0.5, 0.6) is 0 Å². The molecule has 2 rings (SSSR count). The Kier molecular flexibility index (Phi) is 4.69. The lowest BCUT2D eigenvalue weighted by atomic mass is 10.1. The maximum absolute atomic E-state index is 12.1. The van der Waals surface area contributed by atoms with Crippen molar-refractivity contribution in [2.24, 2.45) is 0 Å². The molecule has 3 amide bonds. The molecule has 9 nitrogen and oxygen atoms in total. The van der Waals surface area contributed by atoms with Crippen molar-refractivity contribution in [1.29, 1.82) is 0 Å². The Bertz CT molecular complexity index is 829. The van der Waals surface area contributed by atoms with Crippen molar-refractivity contribution in [2.45, 2.75) is 19.9 Å². The van der Waals surface area contributed by atoms with Gasteiger partial charge in [0.2, 0.25) is 5.91 Å². The van der Waals surface area contributed by atoms with Crippen LogP contribution in [0.4, 0.5) is 0 Å². The Balaban J connectivity index is 2.13. The fourth-order valence-corrected chi connectivity index (χ4v) is 1.94. The number of aromatic amines is 1. The van der Waals surface area contributed by atoms with E-state index in [0.29, 0.717) is 10.8 Å². The van der Waals surface area contributed by atoms with Crippen molar-refractivity contribution in [1.82, 2.24) is 26.4 Å². The van der Waals surface area contributed by atoms with E-state index in [1.54, 1.807) is 24.3 Å². The van der Waals surface area contributed by atoms with Gasteiger partial charge in [0.05, 0.1) is 5.39 Å². The van der Waals surface area contributed by atoms with Crippen molar-refractivity contribution >= 4 is 28.5 Å². The number of nitrogens with one attached hydrogen (secondary N) is 4. The lowest BCUT2D eigenvalue weighted by Gasteiger charge is -2.13. The Labute approximate surface area is 130 Å². The first-order chi connectivity index (χ1) is 10.9. The molecule has 1 aromatic heterocycles. The van der Waals surface area contributed by atoms with Gasteiger partial charge in [0.25, 0.3) is 17.4 Å². The topological polar surface area (TPSA) is 133 Å². The molecule has 1 heterocycles. The van der Waals surface area contributed by atoms with Gasteiger partial charge in [-0.3, -0.25) is 30.0 Å². The lowest BCUT2D eigenvalue weighted by Crippen LogP contribution is -2.50. The molecule has 1 aromatic carbocycles. The highest BCUT2D eigenvalue weighted by Gasteiger charge is 2.17. The summed E-state index contributed by atoms with van der Waals surface area (Å²) in [7, 11) is 0. The lowest BCUT2D eigenvalue weighted by molar-refractivity contribution is -0.128. The largest absolute Gasteiger partial charge is 0.345 e. The Hall–Kier alpha value is -3.23. The third-order valence-electron chi connectivity index (χ3n) is 3.02. The van der Waals surface area contributed by atoms with Crippen molar-refractivity contribution in [3.63, 3.8) is 0 Å². The first-order valence-corrected chi connectivity index (χ1v) is 6.75. The second kappa shape index (κ2) is 6.69. The maximum Gasteiger partial charge on any atom is 0.290 e. The molecular formula is C14H15N5O4. The van der Waals surface area contributed by atoms with E-state index in [1.165, 1.54) is 13.8 Å². The standard InChI is InChI=1S/C14H15N5O4/c1-7(15-8(2)20)12(21)17-19-14(23)11-9-5-3-4-6-10(9)13(22)18-16-11/h3-7H,1-2H3,(H,15,20)(H,17,21)(H,18,22)(H,19,23). The summed E-state index contributed by atoms with van der Waals surface area (Å²) in [6, 6.07) is 5.65. The van der Waals surface area contributed by atoms with E-state index < -0.39 is 23.4 Å². The predicted molar refractivity (Wildman–Crippen MR) is 81.3 cm³/mol. The van der Waals surface area contributed by atoms with E-state index in [2.05, 4.69) is 26.4 Å². The van der Waals surface area contributed by atoms with Gasteiger partial charge in [0, 0.05) is 12.3 Å². The first-order valence-electron chi connectivity index (χ1n) is 6.75. The molecule has 0 radical (unpaired) electrons. The normalized spacial score (nSPS) is 11.6. The van der Waals surface area contributed by atoms with Crippen LogP contribution in [0.25, 0.3) is 10.8 Å². The second-order valence-electron chi connectivity index (χ2n) is 4.81. The fourth-order valence-electron chi connectivity index (χ4n) is 1.94. The number of hydrogen-bond donors (Lipinski definition) is 4. The van der Waals surface area contributed by atoms with Gasteiger partial charge in [-0.25, -0.2) is 5.10 Å². The van der Waals surface area contributed by atoms with Crippen molar-refractivity contribution in [2.75, 3.05) is 0 Å². The van der Waals surface area contributed by atoms with Crippen LogP contribution in [0.15, 0.2) is 29.1 Å². The molecule has 1 atom stereocenters. The van der Waals surface area contributed by atoms with E-state index in [-0.39, 0.29) is 11.6 Å². The summed E-state index contributed by atoms with van der Waals surface area (Å²) in [6.45, 7) is 2.75. The molecule has 0 fully saturated rings. The Morgan fingerprint density at radius 3 is 2.43 bits per heavy atom. The molecule has 0 bridgehead atoms. The van der Waals surface area contributed by atoms with Gasteiger partial charge in [0.1, 0.15) is 6.04 Å². The summed E-state index contributed by atoms with van der Waals surface area (Å²) in [6.07, 6.45) is 0. The van der Waals surface area contributed by atoms with Crippen LogP contribution < -0.4 is 21.7 Å². The molecule has 0 saturated heterocycles. The summed E-state index contributed by atoms with van der Waals surface area (Å²) < 4.78 is 0. The Morgan fingerprint density at radius 2 is 1.78 bits per heavy atom. The minimum Gasteiger partial charge on any atom is -0.345 e. The summed E-state index contributed by atoms with van der Waals surface area (Å²) in [5, 5.41) is 8.98. The third kappa shape index (κ3) is 3.70. The van der Waals surface area contributed by atoms with E-state index in [1.807, 2.05) is 0 Å². The van der Waals surface area contributed by atoms with Crippen LogP contribution in [0.1, 0.15) is 24.3 Å². The number of aromatic nitrogens is 2. The van der Waals surface area contributed by atoms with Crippen molar-refractivity contribution < 1.29 is 14.4 Å². The predicted octanol–water partition coefficient (Wildman–Crippen LogP) is -0.791. The molecule has 0 spiro atoms. The van der Waals surface area contributed by atoms with Crippen LogP contribution in [0.3, 0.4) is 0 Å². The van der Waals surface area contributed by atoms with Crippen LogP contribution in [-0.2, 0) is 9.59 Å². The highest BCUT2D eigenvalue weighted by atomic mass is 16.2. The number of hydrazine groups is 1. The van der Waals surface area contributed by atoms with Gasteiger partial charge < -0.3 is 5.32 Å².